The first-order valence-electron chi connectivity index (χ1n) is 9.81. The third kappa shape index (κ3) is 3.75. The number of likely N-dealkylation sites (tertiary alicyclic amines) is 1. The van der Waals surface area contributed by atoms with Crippen LogP contribution in [0.4, 0.5) is 4.79 Å². The van der Waals surface area contributed by atoms with Crippen molar-refractivity contribution >= 4 is 6.03 Å². The number of carbonyl (C=O) groups is 1. The van der Waals surface area contributed by atoms with E-state index in [0.717, 1.165) is 50.1 Å². The highest BCUT2D eigenvalue weighted by molar-refractivity contribution is 5.75. The van der Waals surface area contributed by atoms with Crippen molar-refractivity contribution in [1.82, 2.24) is 14.7 Å². The number of carbonyl (C=O) groups excluding carboxylic acids is 1. The van der Waals surface area contributed by atoms with Crippen molar-refractivity contribution in [1.29, 1.82) is 0 Å². The molecule has 1 aromatic carbocycles. The smallest absolute Gasteiger partial charge is 0.320 e. The van der Waals surface area contributed by atoms with E-state index < -0.39 is 0 Å². The molecule has 4 rings (SSSR count). The maximum atomic E-state index is 12.7. The highest BCUT2D eigenvalue weighted by Crippen LogP contribution is 2.26. The number of ether oxygens (including phenoxy) is 2. The zero-order chi connectivity index (χ0) is 17.9. The second kappa shape index (κ2) is 7.74. The monoisotopic (exact) mass is 359 g/mol. The predicted molar refractivity (Wildman–Crippen MR) is 99.8 cm³/mol. The molecule has 1 aromatic rings. The van der Waals surface area contributed by atoms with Gasteiger partial charge in [-0.1, -0.05) is 12.5 Å². The number of methoxy groups -OCH3 is 1. The van der Waals surface area contributed by atoms with Gasteiger partial charge in [-0.25, -0.2) is 4.79 Å². The average molecular weight is 359 g/mol. The molecule has 0 atom stereocenters. The number of urea groups is 1. The molecule has 2 saturated heterocycles. The van der Waals surface area contributed by atoms with Gasteiger partial charge in [0.2, 0.25) is 0 Å². The fraction of sp³-hybridized carbons (Fsp3) is 0.650. The maximum Gasteiger partial charge on any atom is 0.320 e. The van der Waals surface area contributed by atoms with Crippen LogP contribution in [0.2, 0.25) is 0 Å². The molecule has 0 N–H and O–H groups in total. The zero-order valence-electron chi connectivity index (χ0n) is 15.6. The van der Waals surface area contributed by atoms with Gasteiger partial charge in [0.05, 0.1) is 20.2 Å². The lowest BCUT2D eigenvalue weighted by Crippen LogP contribution is -2.60. The molecule has 26 heavy (non-hydrogen) atoms. The third-order valence-corrected chi connectivity index (χ3v) is 5.85. The number of benzene rings is 1. The summed E-state index contributed by atoms with van der Waals surface area (Å²) >= 11 is 0. The summed E-state index contributed by atoms with van der Waals surface area (Å²) < 4.78 is 11.2. The van der Waals surface area contributed by atoms with Gasteiger partial charge in [-0.05, 0) is 31.4 Å². The van der Waals surface area contributed by atoms with E-state index in [1.165, 1.54) is 19.3 Å². The number of rotatable bonds is 4. The van der Waals surface area contributed by atoms with E-state index in [2.05, 4.69) is 4.90 Å². The molecule has 1 saturated carbocycles. The van der Waals surface area contributed by atoms with Gasteiger partial charge in [0.15, 0.2) is 0 Å². The fourth-order valence-corrected chi connectivity index (χ4v) is 3.98. The van der Waals surface area contributed by atoms with Gasteiger partial charge < -0.3 is 19.3 Å². The Bertz CT molecular complexity index is 628. The van der Waals surface area contributed by atoms with E-state index in [-0.39, 0.29) is 12.1 Å². The zero-order valence-corrected chi connectivity index (χ0v) is 15.6. The van der Waals surface area contributed by atoms with Gasteiger partial charge in [0, 0.05) is 38.3 Å². The minimum absolute atomic E-state index is 0.0736. The predicted octanol–water partition coefficient (Wildman–Crippen LogP) is 2.44. The van der Waals surface area contributed by atoms with Crippen LogP contribution in [0.25, 0.3) is 0 Å². The Labute approximate surface area is 155 Å². The number of hydrogen-bond donors (Lipinski definition) is 0. The van der Waals surface area contributed by atoms with Gasteiger partial charge in [0.1, 0.15) is 17.6 Å². The first-order chi connectivity index (χ1) is 12.7. The fourth-order valence-electron chi connectivity index (χ4n) is 3.98. The van der Waals surface area contributed by atoms with Gasteiger partial charge in [0.25, 0.3) is 0 Å². The summed E-state index contributed by atoms with van der Waals surface area (Å²) in [6.45, 7) is 5.22. The van der Waals surface area contributed by atoms with Crippen LogP contribution in [0.15, 0.2) is 24.3 Å². The lowest BCUT2D eigenvalue weighted by Gasteiger charge is -2.41. The lowest BCUT2D eigenvalue weighted by atomic mass is 9.91. The molecule has 6 heteroatoms. The second-order valence-corrected chi connectivity index (χ2v) is 7.57. The molecular weight excluding hydrogens is 330 g/mol. The molecular formula is C20H29N3O3. The molecule has 0 unspecified atom stereocenters. The van der Waals surface area contributed by atoms with Crippen LogP contribution < -0.4 is 9.47 Å². The molecule has 6 nitrogen and oxygen atoms in total. The summed E-state index contributed by atoms with van der Waals surface area (Å²) in [6, 6.07) is 8.57. The summed E-state index contributed by atoms with van der Waals surface area (Å²) in [7, 11) is 1.65. The Hall–Kier alpha value is -1.95. The normalized spacial score (nSPS) is 22.3. The van der Waals surface area contributed by atoms with E-state index in [1.807, 2.05) is 34.1 Å². The van der Waals surface area contributed by atoms with Gasteiger partial charge in [-0.3, -0.25) is 4.90 Å². The molecule has 2 heterocycles. The topological polar surface area (TPSA) is 45.3 Å². The van der Waals surface area contributed by atoms with Crippen molar-refractivity contribution in [3.63, 3.8) is 0 Å². The first-order valence-corrected chi connectivity index (χ1v) is 9.81. The third-order valence-electron chi connectivity index (χ3n) is 5.85. The summed E-state index contributed by atoms with van der Waals surface area (Å²) in [5.41, 5.74) is 0. The second-order valence-electron chi connectivity index (χ2n) is 7.57. The molecule has 0 bridgehead atoms. The van der Waals surface area contributed by atoms with E-state index in [4.69, 9.17) is 9.47 Å². The summed E-state index contributed by atoms with van der Waals surface area (Å²) in [4.78, 5) is 19.3. The van der Waals surface area contributed by atoms with Crippen molar-refractivity contribution in [3.8, 4) is 11.5 Å². The van der Waals surface area contributed by atoms with Crippen LogP contribution in [-0.4, -0.2) is 79.3 Å². The Balaban J connectivity index is 1.23. The minimum Gasteiger partial charge on any atom is -0.497 e. The average Bonchev–Trinajstić information content (AvgIpc) is 2.82. The molecule has 142 valence electrons. The van der Waals surface area contributed by atoms with E-state index in [1.54, 1.807) is 7.11 Å². The van der Waals surface area contributed by atoms with Gasteiger partial charge in [-0.2, -0.15) is 0 Å². The van der Waals surface area contributed by atoms with Crippen LogP contribution in [0, 0.1) is 0 Å². The molecule has 1 aliphatic carbocycles. The van der Waals surface area contributed by atoms with Crippen molar-refractivity contribution < 1.29 is 14.3 Å². The number of nitrogens with zero attached hydrogens (tertiary/aromatic N) is 3. The van der Waals surface area contributed by atoms with Crippen LogP contribution >= 0.6 is 0 Å². The molecule has 0 spiro atoms. The highest BCUT2D eigenvalue weighted by atomic mass is 16.5. The quantitative estimate of drug-likeness (QED) is 0.828. The lowest BCUT2D eigenvalue weighted by molar-refractivity contribution is 0.0307. The minimum atomic E-state index is 0.0736. The Morgan fingerprint density at radius 3 is 2.54 bits per heavy atom. The highest BCUT2D eigenvalue weighted by Gasteiger charge is 2.36. The van der Waals surface area contributed by atoms with E-state index >= 15 is 0 Å². The van der Waals surface area contributed by atoms with Crippen molar-refractivity contribution in [2.75, 3.05) is 46.4 Å². The Morgan fingerprint density at radius 2 is 1.81 bits per heavy atom. The van der Waals surface area contributed by atoms with Gasteiger partial charge in [-0.15, -0.1) is 0 Å². The molecule has 3 fully saturated rings. The van der Waals surface area contributed by atoms with E-state index in [9.17, 15) is 4.79 Å². The summed E-state index contributed by atoms with van der Waals surface area (Å²) in [6.07, 6.45) is 5.20. The molecule has 0 aromatic heterocycles. The Kier molecular flexibility index (Phi) is 5.20. The number of hydrogen-bond acceptors (Lipinski definition) is 4. The van der Waals surface area contributed by atoms with Crippen LogP contribution in [0.3, 0.4) is 0 Å². The molecule has 0 radical (unpaired) electrons. The van der Waals surface area contributed by atoms with Crippen LogP contribution in [0.1, 0.15) is 25.7 Å². The number of amides is 2. The first kappa shape index (κ1) is 17.5. The summed E-state index contributed by atoms with van der Waals surface area (Å²) in [5.74, 6) is 1.59. The van der Waals surface area contributed by atoms with Crippen LogP contribution in [-0.2, 0) is 0 Å². The summed E-state index contributed by atoms with van der Waals surface area (Å²) in [5, 5.41) is 0. The van der Waals surface area contributed by atoms with Crippen molar-refractivity contribution in [2.45, 2.75) is 37.8 Å². The standard InChI is InChI=1S/C20H29N3O3/c1-25-17-7-3-8-18(13-17)26-19-14-23(15-19)20(24)22-10-4-9-21(11-12-22)16-5-2-6-16/h3,7-8,13,16,19H,2,4-6,9-12,14-15H2,1H3. The molecule has 2 amide bonds. The Morgan fingerprint density at radius 1 is 1.00 bits per heavy atom. The largest absolute Gasteiger partial charge is 0.497 e. The SMILES string of the molecule is COc1cccc(OC2CN(C(=O)N3CCCN(C4CCC4)CC3)C2)c1. The van der Waals surface area contributed by atoms with Crippen molar-refractivity contribution in [2.24, 2.45) is 0 Å². The van der Waals surface area contributed by atoms with Crippen LogP contribution in [0.5, 0.6) is 11.5 Å². The van der Waals surface area contributed by atoms with E-state index in [0.29, 0.717) is 13.1 Å². The molecule has 3 aliphatic rings. The molecule has 2 aliphatic heterocycles. The van der Waals surface area contributed by atoms with Gasteiger partial charge >= 0.3 is 6.03 Å². The van der Waals surface area contributed by atoms with Crippen molar-refractivity contribution in [3.05, 3.63) is 24.3 Å². The maximum absolute atomic E-state index is 12.7.